The van der Waals surface area contributed by atoms with Gasteiger partial charge in [0.2, 0.25) is 0 Å². The Bertz CT molecular complexity index is 485. The van der Waals surface area contributed by atoms with Gasteiger partial charge in [0.1, 0.15) is 0 Å². The summed E-state index contributed by atoms with van der Waals surface area (Å²) in [5, 5.41) is 7.64. The molecule has 0 spiro atoms. The van der Waals surface area contributed by atoms with Crippen molar-refractivity contribution in [2.75, 3.05) is 12.3 Å². The van der Waals surface area contributed by atoms with Gasteiger partial charge in [0, 0.05) is 39.7 Å². The predicted octanol–water partition coefficient (Wildman–Crippen LogP) is 4.50. The van der Waals surface area contributed by atoms with Crippen LogP contribution in [0.2, 0.25) is 5.02 Å². The molecule has 5 heteroatoms. The SMILES string of the molecule is CCCNC(CSc1ccc(Cl)cc1)Cc1nccs1. The minimum absolute atomic E-state index is 0.460. The highest BCUT2D eigenvalue weighted by atomic mass is 35.5. The normalized spacial score (nSPS) is 12.5. The lowest BCUT2D eigenvalue weighted by Crippen LogP contribution is -2.34. The van der Waals surface area contributed by atoms with E-state index < -0.39 is 0 Å². The van der Waals surface area contributed by atoms with E-state index in [-0.39, 0.29) is 0 Å². The summed E-state index contributed by atoms with van der Waals surface area (Å²) in [5.41, 5.74) is 0. The van der Waals surface area contributed by atoms with E-state index in [1.165, 1.54) is 9.90 Å². The standard InChI is InChI=1S/C15H19ClN2S2/c1-2-7-17-13(10-15-18-8-9-19-15)11-20-14-5-3-12(16)4-6-14/h3-6,8-9,13,17H,2,7,10-11H2,1H3. The van der Waals surface area contributed by atoms with Crippen molar-refractivity contribution in [3.8, 4) is 0 Å². The molecule has 1 N–H and O–H groups in total. The first-order chi connectivity index (χ1) is 9.78. The van der Waals surface area contributed by atoms with E-state index in [1.807, 2.05) is 35.5 Å². The number of rotatable bonds is 8. The maximum Gasteiger partial charge on any atom is 0.0940 e. The number of benzene rings is 1. The summed E-state index contributed by atoms with van der Waals surface area (Å²) in [5.74, 6) is 1.04. The maximum absolute atomic E-state index is 5.91. The first-order valence-corrected chi connectivity index (χ1v) is 9.02. The Labute approximate surface area is 134 Å². The van der Waals surface area contributed by atoms with Gasteiger partial charge in [0.15, 0.2) is 0 Å². The average molecular weight is 327 g/mol. The second-order valence-electron chi connectivity index (χ2n) is 4.55. The molecule has 0 aliphatic rings. The molecule has 0 fully saturated rings. The summed E-state index contributed by atoms with van der Waals surface area (Å²) in [4.78, 5) is 5.64. The van der Waals surface area contributed by atoms with Gasteiger partial charge in [-0.1, -0.05) is 18.5 Å². The lowest BCUT2D eigenvalue weighted by Gasteiger charge is -2.17. The van der Waals surface area contributed by atoms with Crippen molar-refractivity contribution in [1.82, 2.24) is 10.3 Å². The molecule has 1 heterocycles. The Balaban J connectivity index is 1.87. The van der Waals surface area contributed by atoms with E-state index in [0.717, 1.165) is 30.2 Å². The van der Waals surface area contributed by atoms with Crippen LogP contribution in [-0.4, -0.2) is 23.3 Å². The van der Waals surface area contributed by atoms with Crippen molar-refractivity contribution < 1.29 is 0 Å². The first kappa shape index (κ1) is 15.8. The van der Waals surface area contributed by atoms with Gasteiger partial charge in [-0.15, -0.1) is 23.1 Å². The lowest BCUT2D eigenvalue weighted by atomic mass is 10.2. The number of thioether (sulfide) groups is 1. The molecule has 20 heavy (non-hydrogen) atoms. The minimum Gasteiger partial charge on any atom is -0.313 e. The van der Waals surface area contributed by atoms with E-state index in [1.54, 1.807) is 11.3 Å². The van der Waals surface area contributed by atoms with Gasteiger partial charge in [-0.25, -0.2) is 4.98 Å². The van der Waals surface area contributed by atoms with Gasteiger partial charge in [-0.2, -0.15) is 0 Å². The fraction of sp³-hybridized carbons (Fsp3) is 0.400. The Morgan fingerprint density at radius 3 is 2.80 bits per heavy atom. The monoisotopic (exact) mass is 326 g/mol. The van der Waals surface area contributed by atoms with Crippen molar-refractivity contribution in [2.24, 2.45) is 0 Å². The van der Waals surface area contributed by atoms with E-state index in [9.17, 15) is 0 Å². The number of thiazole rings is 1. The minimum atomic E-state index is 0.460. The Kier molecular flexibility index (Phi) is 6.87. The van der Waals surface area contributed by atoms with Crippen molar-refractivity contribution in [3.05, 3.63) is 45.9 Å². The molecule has 108 valence electrons. The molecular formula is C15H19ClN2S2. The molecule has 1 aromatic carbocycles. The highest BCUT2D eigenvalue weighted by Gasteiger charge is 2.11. The summed E-state index contributed by atoms with van der Waals surface area (Å²) in [6.45, 7) is 3.25. The summed E-state index contributed by atoms with van der Waals surface area (Å²) in [7, 11) is 0. The van der Waals surface area contributed by atoms with E-state index in [4.69, 9.17) is 11.6 Å². The largest absolute Gasteiger partial charge is 0.313 e. The fourth-order valence-corrected chi connectivity index (χ4v) is 3.61. The molecule has 0 saturated heterocycles. The molecule has 0 bridgehead atoms. The number of halogens is 1. The smallest absolute Gasteiger partial charge is 0.0940 e. The number of nitrogens with zero attached hydrogens (tertiary/aromatic N) is 1. The Hall–Kier alpha value is -0.550. The molecule has 1 atom stereocenters. The van der Waals surface area contributed by atoms with Crippen LogP contribution in [0.25, 0.3) is 0 Å². The molecule has 1 aromatic heterocycles. The molecule has 2 nitrogen and oxygen atoms in total. The maximum atomic E-state index is 5.91. The molecular weight excluding hydrogens is 308 g/mol. The zero-order valence-electron chi connectivity index (χ0n) is 11.5. The number of nitrogens with one attached hydrogen (secondary N) is 1. The third kappa shape index (κ3) is 5.44. The van der Waals surface area contributed by atoms with Crippen molar-refractivity contribution >= 4 is 34.7 Å². The van der Waals surface area contributed by atoms with Gasteiger partial charge >= 0.3 is 0 Å². The summed E-state index contributed by atoms with van der Waals surface area (Å²) >= 11 is 9.50. The number of hydrogen-bond donors (Lipinski definition) is 1. The zero-order valence-corrected chi connectivity index (χ0v) is 13.9. The molecule has 0 saturated carbocycles. The quantitative estimate of drug-likeness (QED) is 0.723. The summed E-state index contributed by atoms with van der Waals surface area (Å²) < 4.78 is 0. The second-order valence-corrected chi connectivity index (χ2v) is 7.05. The van der Waals surface area contributed by atoms with E-state index >= 15 is 0 Å². The Morgan fingerprint density at radius 1 is 1.35 bits per heavy atom. The van der Waals surface area contributed by atoms with Crippen LogP contribution < -0.4 is 5.32 Å². The van der Waals surface area contributed by atoms with Gasteiger partial charge in [0.05, 0.1) is 5.01 Å². The van der Waals surface area contributed by atoms with Gasteiger partial charge in [0.25, 0.3) is 0 Å². The molecule has 0 amide bonds. The van der Waals surface area contributed by atoms with Crippen molar-refractivity contribution in [2.45, 2.75) is 30.7 Å². The molecule has 0 aliphatic carbocycles. The van der Waals surface area contributed by atoms with Crippen LogP contribution in [0.5, 0.6) is 0 Å². The summed E-state index contributed by atoms with van der Waals surface area (Å²) in [6.07, 6.45) is 4.03. The van der Waals surface area contributed by atoms with Crippen LogP contribution in [-0.2, 0) is 6.42 Å². The lowest BCUT2D eigenvalue weighted by molar-refractivity contribution is 0.549. The molecule has 1 unspecified atom stereocenters. The van der Waals surface area contributed by atoms with E-state index in [0.29, 0.717) is 6.04 Å². The summed E-state index contributed by atoms with van der Waals surface area (Å²) in [6, 6.07) is 8.50. The van der Waals surface area contributed by atoms with Crippen molar-refractivity contribution in [1.29, 1.82) is 0 Å². The van der Waals surface area contributed by atoms with Crippen LogP contribution in [0.1, 0.15) is 18.4 Å². The highest BCUT2D eigenvalue weighted by Crippen LogP contribution is 2.22. The Morgan fingerprint density at radius 2 is 2.15 bits per heavy atom. The number of aromatic nitrogens is 1. The van der Waals surface area contributed by atoms with Crippen LogP contribution in [0.3, 0.4) is 0 Å². The molecule has 0 aliphatic heterocycles. The highest BCUT2D eigenvalue weighted by molar-refractivity contribution is 7.99. The van der Waals surface area contributed by atoms with Crippen molar-refractivity contribution in [3.63, 3.8) is 0 Å². The molecule has 0 radical (unpaired) electrons. The van der Waals surface area contributed by atoms with E-state index in [2.05, 4.69) is 29.4 Å². The van der Waals surface area contributed by atoms with Crippen LogP contribution in [0.15, 0.2) is 40.7 Å². The molecule has 2 rings (SSSR count). The predicted molar refractivity (Wildman–Crippen MR) is 90.1 cm³/mol. The molecule has 2 aromatic rings. The zero-order chi connectivity index (χ0) is 14.2. The van der Waals surface area contributed by atoms with Crippen LogP contribution in [0.4, 0.5) is 0 Å². The topological polar surface area (TPSA) is 24.9 Å². The fourth-order valence-electron chi connectivity index (χ4n) is 1.83. The van der Waals surface area contributed by atoms with Gasteiger partial charge in [-0.05, 0) is 37.2 Å². The van der Waals surface area contributed by atoms with Crippen LogP contribution >= 0.6 is 34.7 Å². The van der Waals surface area contributed by atoms with Gasteiger partial charge < -0.3 is 5.32 Å². The second kappa shape index (κ2) is 8.67. The number of hydrogen-bond acceptors (Lipinski definition) is 4. The average Bonchev–Trinajstić information content (AvgIpc) is 2.96. The third-order valence-electron chi connectivity index (χ3n) is 2.85. The first-order valence-electron chi connectivity index (χ1n) is 6.78. The third-order valence-corrected chi connectivity index (χ3v) is 5.08. The van der Waals surface area contributed by atoms with Gasteiger partial charge in [-0.3, -0.25) is 0 Å². The van der Waals surface area contributed by atoms with Crippen LogP contribution in [0, 0.1) is 0 Å².